The van der Waals surface area contributed by atoms with Crippen molar-refractivity contribution in [3.8, 4) is 17.6 Å². The standard InChI is InChI=1S/C30H29F5N2O3/c1-40-22-4-5-26-23(15-22)28(20(17-31)18-36-26)24(33)6-7-30(16-27(38)39)8-11-37(12-9-30)10-2-3-19-13-21(32)14-25(34)29(19)35/h4-5,13-15,18,24H,6-12,16-17H2,1H3,(H,38,39). The second-order valence-corrected chi connectivity index (χ2v) is 10.1. The maximum atomic E-state index is 15.8. The van der Waals surface area contributed by atoms with E-state index in [-0.39, 0.29) is 42.5 Å². The number of carboxylic acid groups (broad SMARTS) is 1. The lowest BCUT2D eigenvalue weighted by Gasteiger charge is -2.41. The number of carbonyl (C=O) groups is 1. The average Bonchev–Trinajstić information content (AvgIpc) is 2.94. The molecule has 0 aliphatic carbocycles. The van der Waals surface area contributed by atoms with Crippen LogP contribution in [0.3, 0.4) is 0 Å². The number of hydrogen-bond donors (Lipinski definition) is 1. The fourth-order valence-corrected chi connectivity index (χ4v) is 5.33. The van der Waals surface area contributed by atoms with Crippen LogP contribution in [0.15, 0.2) is 36.5 Å². The largest absolute Gasteiger partial charge is 0.497 e. The second kappa shape index (κ2) is 12.6. The van der Waals surface area contributed by atoms with Gasteiger partial charge in [-0.25, -0.2) is 22.0 Å². The number of likely N-dealkylation sites (tertiary alicyclic amines) is 1. The molecular weight excluding hydrogens is 531 g/mol. The van der Waals surface area contributed by atoms with Gasteiger partial charge in [0.25, 0.3) is 0 Å². The maximum absolute atomic E-state index is 15.8. The summed E-state index contributed by atoms with van der Waals surface area (Å²) in [6.07, 6.45) is 0.823. The van der Waals surface area contributed by atoms with Gasteiger partial charge in [-0.1, -0.05) is 11.8 Å². The molecule has 0 saturated carbocycles. The highest BCUT2D eigenvalue weighted by Gasteiger charge is 2.37. The average molecular weight is 561 g/mol. The van der Waals surface area contributed by atoms with Crippen LogP contribution in [-0.2, 0) is 11.5 Å². The Bertz CT molecular complexity index is 1440. The van der Waals surface area contributed by atoms with Crippen LogP contribution in [0.2, 0.25) is 0 Å². The quantitative estimate of drug-likeness (QED) is 0.183. The Hall–Kier alpha value is -3.71. The van der Waals surface area contributed by atoms with E-state index in [4.69, 9.17) is 4.74 Å². The first-order valence-corrected chi connectivity index (χ1v) is 12.9. The van der Waals surface area contributed by atoms with Gasteiger partial charge in [0.2, 0.25) is 0 Å². The van der Waals surface area contributed by atoms with Crippen LogP contribution in [0.25, 0.3) is 10.9 Å². The van der Waals surface area contributed by atoms with Crippen LogP contribution >= 0.6 is 0 Å². The number of halogens is 5. The fraction of sp³-hybridized carbons (Fsp3) is 0.400. The van der Waals surface area contributed by atoms with Crippen molar-refractivity contribution < 1.29 is 36.6 Å². The smallest absolute Gasteiger partial charge is 0.303 e. The third-order valence-corrected chi connectivity index (χ3v) is 7.55. The second-order valence-electron chi connectivity index (χ2n) is 10.1. The topological polar surface area (TPSA) is 62.7 Å². The number of hydrogen-bond acceptors (Lipinski definition) is 4. The van der Waals surface area contributed by atoms with E-state index in [9.17, 15) is 27.5 Å². The van der Waals surface area contributed by atoms with Crippen LogP contribution in [0.1, 0.15) is 55.0 Å². The SMILES string of the molecule is COc1ccc2ncc(CF)c(C(F)CCC3(CC(=O)O)CCN(CC#Cc4cc(F)cc(F)c4F)CC3)c2c1. The summed E-state index contributed by atoms with van der Waals surface area (Å²) in [5, 5.41) is 10.1. The van der Waals surface area contributed by atoms with Crippen LogP contribution in [0.5, 0.6) is 5.75 Å². The van der Waals surface area contributed by atoms with Gasteiger partial charge in [-0.2, -0.15) is 0 Å². The molecule has 0 amide bonds. The Labute approximate surface area is 229 Å². The number of nitrogens with zero attached hydrogens (tertiary/aromatic N) is 2. The van der Waals surface area contributed by atoms with Crippen molar-refractivity contribution in [1.82, 2.24) is 9.88 Å². The summed E-state index contributed by atoms with van der Waals surface area (Å²) in [6, 6.07) is 6.26. The molecule has 1 aromatic heterocycles. The minimum absolute atomic E-state index is 0.000814. The van der Waals surface area contributed by atoms with Crippen LogP contribution < -0.4 is 4.74 Å². The number of aliphatic carboxylic acids is 1. The lowest BCUT2D eigenvalue weighted by atomic mass is 9.71. The number of carboxylic acids is 1. The van der Waals surface area contributed by atoms with E-state index in [0.29, 0.717) is 48.6 Å². The molecule has 10 heteroatoms. The normalized spacial score (nSPS) is 15.8. The van der Waals surface area contributed by atoms with Gasteiger partial charge in [-0.05, 0) is 68.5 Å². The van der Waals surface area contributed by atoms with Crippen molar-refractivity contribution in [2.24, 2.45) is 5.41 Å². The van der Waals surface area contributed by atoms with Crippen molar-refractivity contribution in [3.05, 3.63) is 70.7 Å². The first-order valence-electron chi connectivity index (χ1n) is 12.9. The Morgan fingerprint density at radius 2 is 1.95 bits per heavy atom. The Kier molecular flexibility index (Phi) is 9.25. The van der Waals surface area contributed by atoms with E-state index in [2.05, 4.69) is 16.8 Å². The van der Waals surface area contributed by atoms with Crippen molar-refractivity contribution in [2.75, 3.05) is 26.7 Å². The van der Waals surface area contributed by atoms with Crippen LogP contribution in [-0.4, -0.2) is 47.7 Å². The maximum Gasteiger partial charge on any atom is 0.303 e. The fourth-order valence-electron chi connectivity index (χ4n) is 5.33. The molecule has 2 heterocycles. The number of pyridine rings is 1. The van der Waals surface area contributed by atoms with Crippen LogP contribution in [0, 0.1) is 34.7 Å². The molecule has 0 radical (unpaired) electrons. The molecule has 2 aromatic carbocycles. The van der Waals surface area contributed by atoms with Gasteiger partial charge in [-0.15, -0.1) is 0 Å². The van der Waals surface area contributed by atoms with E-state index >= 15 is 4.39 Å². The van der Waals surface area contributed by atoms with Crippen molar-refractivity contribution in [1.29, 1.82) is 0 Å². The number of rotatable bonds is 9. The van der Waals surface area contributed by atoms with E-state index < -0.39 is 41.7 Å². The number of alkyl halides is 2. The number of fused-ring (bicyclic) bond motifs is 1. The van der Waals surface area contributed by atoms with Gasteiger partial charge in [0.15, 0.2) is 11.6 Å². The Morgan fingerprint density at radius 3 is 2.62 bits per heavy atom. The molecule has 5 nitrogen and oxygen atoms in total. The van der Waals surface area contributed by atoms with Crippen molar-refractivity contribution in [3.63, 3.8) is 0 Å². The zero-order valence-corrected chi connectivity index (χ0v) is 22.0. The van der Waals surface area contributed by atoms with Gasteiger partial charge in [0, 0.05) is 28.8 Å². The van der Waals surface area contributed by atoms with Gasteiger partial charge in [0.1, 0.15) is 24.4 Å². The summed E-state index contributed by atoms with van der Waals surface area (Å²) in [6.45, 7) is 0.226. The molecule has 1 unspecified atom stereocenters. The van der Waals surface area contributed by atoms with Crippen molar-refractivity contribution in [2.45, 2.75) is 45.0 Å². The molecule has 1 N–H and O–H groups in total. The highest BCUT2D eigenvalue weighted by molar-refractivity contribution is 5.85. The highest BCUT2D eigenvalue weighted by Crippen LogP contribution is 2.43. The lowest BCUT2D eigenvalue weighted by Crippen LogP contribution is -2.41. The summed E-state index contributed by atoms with van der Waals surface area (Å²) < 4.78 is 75.5. The minimum atomic E-state index is -1.54. The third kappa shape index (κ3) is 6.70. The number of ether oxygens (including phenoxy) is 1. The van der Waals surface area contributed by atoms with E-state index in [1.165, 1.54) is 13.3 Å². The Morgan fingerprint density at radius 1 is 1.20 bits per heavy atom. The van der Waals surface area contributed by atoms with E-state index in [1.807, 2.05) is 4.90 Å². The molecule has 1 atom stereocenters. The molecule has 1 aliphatic heterocycles. The predicted octanol–water partition coefficient (Wildman–Crippen LogP) is 6.53. The predicted molar refractivity (Wildman–Crippen MR) is 140 cm³/mol. The van der Waals surface area contributed by atoms with Gasteiger partial charge < -0.3 is 9.84 Å². The lowest BCUT2D eigenvalue weighted by molar-refractivity contribution is -0.141. The van der Waals surface area contributed by atoms with Crippen molar-refractivity contribution >= 4 is 16.9 Å². The number of benzene rings is 2. The summed E-state index contributed by atoms with van der Waals surface area (Å²) in [7, 11) is 1.48. The van der Waals surface area contributed by atoms with Crippen LogP contribution in [0.4, 0.5) is 22.0 Å². The highest BCUT2D eigenvalue weighted by atomic mass is 19.2. The summed E-state index contributed by atoms with van der Waals surface area (Å²) >= 11 is 0. The summed E-state index contributed by atoms with van der Waals surface area (Å²) in [4.78, 5) is 17.9. The molecular formula is C30H29F5N2O3. The summed E-state index contributed by atoms with van der Waals surface area (Å²) in [5.74, 6) is 1.21. The minimum Gasteiger partial charge on any atom is -0.497 e. The molecule has 212 valence electrons. The third-order valence-electron chi connectivity index (χ3n) is 7.55. The zero-order chi connectivity index (χ0) is 28.9. The molecule has 3 aromatic rings. The molecule has 40 heavy (non-hydrogen) atoms. The Balaban J connectivity index is 1.46. The first-order chi connectivity index (χ1) is 19.1. The number of piperidine rings is 1. The van der Waals surface area contributed by atoms with Gasteiger partial charge >= 0.3 is 5.97 Å². The van der Waals surface area contributed by atoms with Gasteiger partial charge in [0.05, 0.1) is 31.2 Å². The number of aromatic nitrogens is 1. The molecule has 0 bridgehead atoms. The monoisotopic (exact) mass is 560 g/mol. The van der Waals surface area contributed by atoms with E-state index in [0.717, 1.165) is 6.07 Å². The zero-order valence-electron chi connectivity index (χ0n) is 22.0. The molecule has 1 saturated heterocycles. The first kappa shape index (κ1) is 29.3. The molecule has 1 fully saturated rings. The molecule has 1 aliphatic rings. The number of methoxy groups -OCH3 is 1. The van der Waals surface area contributed by atoms with E-state index in [1.54, 1.807) is 18.2 Å². The van der Waals surface area contributed by atoms with Gasteiger partial charge in [-0.3, -0.25) is 14.7 Å². The molecule has 4 rings (SSSR count). The molecule has 0 spiro atoms. The summed E-state index contributed by atoms with van der Waals surface area (Å²) in [5.41, 5.74) is -0.202.